The second kappa shape index (κ2) is 7.08. The third-order valence-corrected chi connectivity index (χ3v) is 5.68. The van der Waals surface area contributed by atoms with Gasteiger partial charge in [0.25, 0.3) is 0 Å². The number of hydrogen-bond donors (Lipinski definition) is 1. The molecule has 0 aromatic heterocycles. The predicted molar refractivity (Wildman–Crippen MR) is 84.6 cm³/mol. The van der Waals surface area contributed by atoms with Crippen LogP contribution in [0, 0.1) is 17.8 Å². The van der Waals surface area contributed by atoms with E-state index in [-0.39, 0.29) is 24.5 Å². The lowest BCUT2D eigenvalue weighted by Gasteiger charge is -2.41. The van der Waals surface area contributed by atoms with Crippen molar-refractivity contribution in [3.8, 4) is 0 Å². The van der Waals surface area contributed by atoms with E-state index in [9.17, 15) is 4.79 Å². The SMILES string of the molecule is CC1CC2CC(C2)C[C@@H](C)OO[C@@]2(CCC[C@@H](CC(=O)O)C2)O1. The average Bonchev–Trinajstić information content (AvgIpc) is 2.45. The molecule has 0 amide bonds. The van der Waals surface area contributed by atoms with E-state index < -0.39 is 11.8 Å². The molecule has 1 N–H and O–H groups in total. The molecule has 2 aliphatic carbocycles. The lowest BCUT2D eigenvalue weighted by Crippen LogP contribution is -2.44. The van der Waals surface area contributed by atoms with E-state index in [0.717, 1.165) is 43.9 Å². The second-order valence-corrected chi connectivity index (χ2v) is 8.06. The summed E-state index contributed by atoms with van der Waals surface area (Å²) in [5.74, 6) is 0.112. The fourth-order valence-electron chi connectivity index (χ4n) is 4.75. The van der Waals surface area contributed by atoms with Crippen LogP contribution in [0.1, 0.15) is 71.6 Å². The summed E-state index contributed by atoms with van der Waals surface area (Å²) in [6.45, 7) is 4.17. The monoisotopic (exact) mass is 326 g/mol. The van der Waals surface area contributed by atoms with Crippen LogP contribution in [-0.2, 0) is 19.3 Å². The van der Waals surface area contributed by atoms with Gasteiger partial charge in [-0.05, 0) is 70.1 Å². The molecule has 23 heavy (non-hydrogen) atoms. The molecule has 4 rings (SSSR count). The Morgan fingerprint density at radius 2 is 1.83 bits per heavy atom. The minimum absolute atomic E-state index is 0.0645. The largest absolute Gasteiger partial charge is 0.481 e. The number of ether oxygens (including phenoxy) is 1. The number of rotatable bonds is 2. The molecule has 4 fully saturated rings. The van der Waals surface area contributed by atoms with Gasteiger partial charge in [-0.1, -0.05) is 0 Å². The molecule has 5 heteroatoms. The summed E-state index contributed by atoms with van der Waals surface area (Å²) < 4.78 is 6.33. The van der Waals surface area contributed by atoms with Crippen LogP contribution < -0.4 is 0 Å². The molecule has 2 heterocycles. The van der Waals surface area contributed by atoms with Crippen LogP contribution >= 0.6 is 0 Å². The zero-order valence-electron chi connectivity index (χ0n) is 14.3. The van der Waals surface area contributed by atoms with Crippen molar-refractivity contribution in [2.75, 3.05) is 0 Å². The molecule has 1 spiro atoms. The minimum atomic E-state index is -0.763. The Hall–Kier alpha value is -0.650. The van der Waals surface area contributed by atoms with Gasteiger partial charge in [0, 0.05) is 19.3 Å². The van der Waals surface area contributed by atoms with Crippen molar-refractivity contribution in [2.45, 2.75) is 89.6 Å². The normalized spacial score (nSPS) is 45.0. The van der Waals surface area contributed by atoms with E-state index >= 15 is 0 Å². The second-order valence-electron chi connectivity index (χ2n) is 8.06. The van der Waals surface area contributed by atoms with Gasteiger partial charge in [-0.2, -0.15) is 0 Å². The molecule has 2 aliphatic heterocycles. The number of carboxylic acids is 1. The standard InChI is InChI=1S/C18H30O5/c1-12-6-15-8-16(9-15)7-13(2)22-23-18(21-12)5-3-4-14(11-18)10-17(19)20/h12-16H,3-11H2,1-2H3,(H,19,20)/t12?,13-,14+,15?,16?,18-/m1/s1. The highest BCUT2D eigenvalue weighted by Gasteiger charge is 2.43. The van der Waals surface area contributed by atoms with Crippen LogP contribution in [0.4, 0.5) is 0 Å². The van der Waals surface area contributed by atoms with Gasteiger partial charge in [-0.3, -0.25) is 4.79 Å². The zero-order valence-corrected chi connectivity index (χ0v) is 14.3. The van der Waals surface area contributed by atoms with Gasteiger partial charge in [0.05, 0.1) is 12.2 Å². The van der Waals surface area contributed by atoms with E-state index in [1.54, 1.807) is 0 Å². The van der Waals surface area contributed by atoms with Crippen molar-refractivity contribution >= 4 is 5.97 Å². The third kappa shape index (κ3) is 4.46. The van der Waals surface area contributed by atoms with Crippen molar-refractivity contribution in [1.29, 1.82) is 0 Å². The molecule has 2 bridgehead atoms. The van der Waals surface area contributed by atoms with Crippen LogP contribution in [0.5, 0.6) is 0 Å². The quantitative estimate of drug-likeness (QED) is 0.779. The Morgan fingerprint density at radius 3 is 2.52 bits per heavy atom. The van der Waals surface area contributed by atoms with Gasteiger partial charge in [-0.25, -0.2) is 9.78 Å². The summed E-state index contributed by atoms with van der Waals surface area (Å²) in [6.07, 6.45) is 8.29. The molecule has 2 saturated heterocycles. The minimum Gasteiger partial charge on any atom is -0.481 e. The lowest BCUT2D eigenvalue weighted by atomic mass is 9.70. The molecular formula is C18H30O5. The zero-order chi connectivity index (χ0) is 16.4. The Bertz CT molecular complexity index is 420. The first-order valence-corrected chi connectivity index (χ1v) is 9.18. The first kappa shape index (κ1) is 17.2. The van der Waals surface area contributed by atoms with E-state index in [4.69, 9.17) is 19.6 Å². The smallest absolute Gasteiger partial charge is 0.303 e. The fraction of sp³-hybridized carbons (Fsp3) is 0.944. The summed E-state index contributed by atoms with van der Waals surface area (Å²) in [4.78, 5) is 22.6. The van der Waals surface area contributed by atoms with Gasteiger partial charge in [0.1, 0.15) is 0 Å². The Kier molecular flexibility index (Phi) is 5.29. The Morgan fingerprint density at radius 1 is 1.13 bits per heavy atom. The molecule has 0 aromatic carbocycles. The summed E-state index contributed by atoms with van der Waals surface area (Å²) in [7, 11) is 0. The van der Waals surface area contributed by atoms with E-state index in [1.165, 1.54) is 12.8 Å². The number of fused-ring (bicyclic) bond motifs is 5. The fourth-order valence-corrected chi connectivity index (χ4v) is 4.75. The highest BCUT2D eigenvalue weighted by Crippen LogP contribution is 2.44. The van der Waals surface area contributed by atoms with Crippen molar-refractivity contribution in [3.05, 3.63) is 0 Å². The van der Waals surface area contributed by atoms with Crippen LogP contribution in [0.15, 0.2) is 0 Å². The van der Waals surface area contributed by atoms with Gasteiger partial charge in [-0.15, -0.1) is 0 Å². The van der Waals surface area contributed by atoms with Crippen LogP contribution in [0.3, 0.4) is 0 Å². The molecule has 4 aliphatic rings. The maximum absolute atomic E-state index is 11.1. The molecule has 4 atom stereocenters. The maximum atomic E-state index is 11.1. The Balaban J connectivity index is 1.69. The van der Waals surface area contributed by atoms with Gasteiger partial charge in [0.2, 0.25) is 5.79 Å². The maximum Gasteiger partial charge on any atom is 0.303 e. The van der Waals surface area contributed by atoms with Gasteiger partial charge in [0.15, 0.2) is 0 Å². The summed E-state index contributed by atoms with van der Waals surface area (Å²) in [5.41, 5.74) is 0. The number of aliphatic carboxylic acids is 1. The molecule has 132 valence electrons. The first-order chi connectivity index (χ1) is 10.9. The molecule has 2 saturated carbocycles. The van der Waals surface area contributed by atoms with Crippen LogP contribution in [-0.4, -0.2) is 29.1 Å². The Labute approximate surface area is 138 Å². The molecule has 0 radical (unpaired) electrons. The van der Waals surface area contributed by atoms with E-state index in [2.05, 4.69) is 13.8 Å². The van der Waals surface area contributed by atoms with Crippen molar-refractivity contribution in [3.63, 3.8) is 0 Å². The summed E-state index contributed by atoms with van der Waals surface area (Å²) in [6, 6.07) is 0. The topological polar surface area (TPSA) is 65.0 Å². The van der Waals surface area contributed by atoms with Gasteiger partial charge < -0.3 is 9.84 Å². The number of carbonyl (C=O) groups is 1. The summed E-state index contributed by atoms with van der Waals surface area (Å²) >= 11 is 0. The van der Waals surface area contributed by atoms with Gasteiger partial charge >= 0.3 is 5.97 Å². The molecule has 0 aromatic rings. The third-order valence-electron chi connectivity index (χ3n) is 5.68. The van der Waals surface area contributed by atoms with Crippen LogP contribution in [0.25, 0.3) is 0 Å². The highest BCUT2D eigenvalue weighted by atomic mass is 17.2. The van der Waals surface area contributed by atoms with Crippen molar-refractivity contribution in [2.24, 2.45) is 17.8 Å². The van der Waals surface area contributed by atoms with Crippen molar-refractivity contribution in [1.82, 2.24) is 0 Å². The van der Waals surface area contributed by atoms with E-state index in [1.807, 2.05) is 0 Å². The number of hydrogen-bond acceptors (Lipinski definition) is 4. The first-order valence-electron chi connectivity index (χ1n) is 9.18. The number of carboxylic acid groups (broad SMARTS) is 1. The van der Waals surface area contributed by atoms with Crippen LogP contribution in [0.2, 0.25) is 0 Å². The molecule has 5 nitrogen and oxygen atoms in total. The summed E-state index contributed by atoms with van der Waals surface area (Å²) in [5, 5.41) is 9.09. The highest BCUT2D eigenvalue weighted by molar-refractivity contribution is 5.67. The molecular weight excluding hydrogens is 296 g/mol. The lowest BCUT2D eigenvalue weighted by molar-refractivity contribution is -0.458. The predicted octanol–water partition coefficient (Wildman–Crippen LogP) is 3.91. The van der Waals surface area contributed by atoms with E-state index in [0.29, 0.717) is 6.42 Å². The van der Waals surface area contributed by atoms with Crippen molar-refractivity contribution < 1.29 is 24.4 Å². The molecule has 1 unspecified atom stereocenters. The average molecular weight is 326 g/mol.